The van der Waals surface area contributed by atoms with E-state index in [0.29, 0.717) is 34.7 Å². The summed E-state index contributed by atoms with van der Waals surface area (Å²) in [5.74, 6) is 0.632. The van der Waals surface area contributed by atoms with Crippen molar-refractivity contribution in [3.63, 3.8) is 0 Å². The molecule has 1 aromatic heterocycles. The lowest BCUT2D eigenvalue weighted by molar-refractivity contribution is 0.0722. The van der Waals surface area contributed by atoms with Gasteiger partial charge in [0, 0.05) is 11.6 Å². The zero-order valence-corrected chi connectivity index (χ0v) is 20.0. The Balaban J connectivity index is 1.76. The largest absolute Gasteiger partial charge is 0.494 e. The highest BCUT2D eigenvalue weighted by molar-refractivity contribution is 6.31. The van der Waals surface area contributed by atoms with Crippen molar-refractivity contribution in [3.8, 4) is 5.75 Å². The molecule has 33 heavy (non-hydrogen) atoms. The Bertz CT molecular complexity index is 1200. The van der Waals surface area contributed by atoms with Crippen LogP contribution in [0.2, 0.25) is 5.02 Å². The van der Waals surface area contributed by atoms with Crippen molar-refractivity contribution in [2.24, 2.45) is 0 Å². The molecule has 1 atom stereocenters. The van der Waals surface area contributed by atoms with Gasteiger partial charge in [0.15, 0.2) is 5.43 Å². The highest BCUT2D eigenvalue weighted by atomic mass is 35.5. The quantitative estimate of drug-likeness (QED) is 0.408. The fourth-order valence-corrected chi connectivity index (χ4v) is 4.38. The molecule has 0 spiro atoms. The summed E-state index contributed by atoms with van der Waals surface area (Å²) in [7, 11) is 3.99. The minimum Gasteiger partial charge on any atom is -0.494 e. The number of carbonyl (C=O) groups is 1. The number of carbonyl (C=O) groups excluding carboxylic acids is 1. The van der Waals surface area contributed by atoms with Crippen molar-refractivity contribution in [2.45, 2.75) is 32.2 Å². The van der Waals surface area contributed by atoms with Crippen molar-refractivity contribution in [1.29, 1.82) is 0 Å². The molecule has 0 bridgehead atoms. The molecule has 0 radical (unpaired) electrons. The molecule has 1 amide bonds. The topological polar surface area (TPSA) is 63.0 Å². The number of amides is 1. The van der Waals surface area contributed by atoms with Crippen LogP contribution in [0.25, 0.3) is 11.0 Å². The van der Waals surface area contributed by atoms with E-state index in [-0.39, 0.29) is 17.1 Å². The van der Waals surface area contributed by atoms with E-state index in [0.717, 1.165) is 37.1 Å². The Morgan fingerprint density at radius 3 is 2.55 bits per heavy atom. The molecular weight excluding hydrogens is 440 g/mol. The van der Waals surface area contributed by atoms with E-state index in [1.54, 1.807) is 23.1 Å². The molecule has 7 heteroatoms. The number of nitrogens with zero attached hydrogens (tertiary/aromatic N) is 2. The van der Waals surface area contributed by atoms with E-state index >= 15 is 0 Å². The second-order valence-corrected chi connectivity index (χ2v) is 9.08. The van der Waals surface area contributed by atoms with Crippen LogP contribution in [0.3, 0.4) is 0 Å². The highest BCUT2D eigenvalue weighted by Gasteiger charge is 2.42. The Kier molecular flexibility index (Phi) is 7.05. The van der Waals surface area contributed by atoms with Crippen LogP contribution in [0.4, 0.5) is 0 Å². The summed E-state index contributed by atoms with van der Waals surface area (Å²) in [6.07, 6.45) is 2.83. The molecule has 0 unspecified atom stereocenters. The van der Waals surface area contributed by atoms with Crippen LogP contribution in [0.15, 0.2) is 51.7 Å². The van der Waals surface area contributed by atoms with E-state index in [1.807, 2.05) is 38.4 Å². The minimum atomic E-state index is -0.515. The maximum absolute atomic E-state index is 13.5. The number of halogens is 1. The van der Waals surface area contributed by atoms with E-state index in [4.69, 9.17) is 20.8 Å². The van der Waals surface area contributed by atoms with Crippen molar-refractivity contribution in [3.05, 3.63) is 74.6 Å². The molecule has 2 aromatic carbocycles. The van der Waals surface area contributed by atoms with E-state index in [1.165, 1.54) is 0 Å². The first-order valence-corrected chi connectivity index (χ1v) is 11.7. The third-order valence-electron chi connectivity index (χ3n) is 5.89. The van der Waals surface area contributed by atoms with Crippen molar-refractivity contribution in [2.75, 3.05) is 33.8 Å². The van der Waals surface area contributed by atoms with Gasteiger partial charge >= 0.3 is 0 Å². The molecule has 0 aliphatic carbocycles. The Morgan fingerprint density at radius 2 is 1.85 bits per heavy atom. The lowest BCUT2D eigenvalue weighted by Crippen LogP contribution is -2.32. The normalized spacial score (nSPS) is 15.5. The second kappa shape index (κ2) is 9.98. The summed E-state index contributed by atoms with van der Waals surface area (Å²) in [6, 6.07) is 12.0. The van der Waals surface area contributed by atoms with Gasteiger partial charge in [-0.25, -0.2) is 0 Å². The third kappa shape index (κ3) is 4.77. The first kappa shape index (κ1) is 23.3. The van der Waals surface area contributed by atoms with Gasteiger partial charge in [-0.3, -0.25) is 9.59 Å². The Morgan fingerprint density at radius 1 is 1.09 bits per heavy atom. The number of hydrogen-bond acceptors (Lipinski definition) is 5. The first-order valence-electron chi connectivity index (χ1n) is 11.4. The van der Waals surface area contributed by atoms with Gasteiger partial charge in [0.1, 0.15) is 11.3 Å². The summed E-state index contributed by atoms with van der Waals surface area (Å²) in [6.45, 7) is 4.12. The number of hydrogen-bond donors (Lipinski definition) is 0. The fraction of sp³-hybridized carbons (Fsp3) is 0.385. The number of ether oxygens (including phenoxy) is 1. The molecule has 4 rings (SSSR count). The van der Waals surface area contributed by atoms with Crippen LogP contribution in [0, 0.1) is 0 Å². The lowest BCUT2D eigenvalue weighted by Gasteiger charge is -2.26. The average molecular weight is 469 g/mol. The molecule has 174 valence electrons. The van der Waals surface area contributed by atoms with Crippen molar-refractivity contribution >= 4 is 28.5 Å². The standard InChI is InChI=1S/C26H29ClN2O4/c1-4-5-15-32-19-10-7-17(8-11-19)23-22-24(30)20-16-18(27)9-12-21(20)33-25(22)26(31)29(23)14-6-13-28(2)3/h7-12,16,23H,4-6,13-15H2,1-3H3/t23-/m0/s1. The molecule has 0 fully saturated rings. The van der Waals surface area contributed by atoms with Crippen molar-refractivity contribution < 1.29 is 13.9 Å². The molecule has 0 saturated heterocycles. The van der Waals surface area contributed by atoms with Gasteiger partial charge in [-0.1, -0.05) is 37.1 Å². The first-order chi connectivity index (χ1) is 15.9. The van der Waals surface area contributed by atoms with Crippen LogP contribution in [-0.4, -0.2) is 49.5 Å². The molecule has 0 N–H and O–H groups in total. The van der Waals surface area contributed by atoms with Crippen LogP contribution in [0.5, 0.6) is 5.75 Å². The number of unbranched alkanes of at least 4 members (excludes halogenated alkanes) is 1. The smallest absolute Gasteiger partial charge is 0.290 e. The molecule has 6 nitrogen and oxygen atoms in total. The van der Waals surface area contributed by atoms with Gasteiger partial charge < -0.3 is 19.0 Å². The van der Waals surface area contributed by atoms with Crippen LogP contribution in [0.1, 0.15) is 53.9 Å². The zero-order valence-electron chi connectivity index (χ0n) is 19.3. The molecule has 1 aliphatic rings. The molecule has 3 aromatic rings. The number of benzene rings is 2. The fourth-order valence-electron chi connectivity index (χ4n) is 4.21. The number of fused-ring (bicyclic) bond motifs is 2. The third-order valence-corrected chi connectivity index (χ3v) is 6.13. The minimum absolute atomic E-state index is 0.118. The zero-order chi connectivity index (χ0) is 23.5. The van der Waals surface area contributed by atoms with Gasteiger partial charge in [-0.2, -0.15) is 0 Å². The van der Waals surface area contributed by atoms with Crippen LogP contribution in [-0.2, 0) is 0 Å². The van der Waals surface area contributed by atoms with E-state index < -0.39 is 6.04 Å². The van der Waals surface area contributed by atoms with E-state index in [2.05, 4.69) is 11.8 Å². The Labute approximate surface area is 198 Å². The van der Waals surface area contributed by atoms with Crippen LogP contribution < -0.4 is 10.2 Å². The highest BCUT2D eigenvalue weighted by Crippen LogP contribution is 2.39. The van der Waals surface area contributed by atoms with E-state index in [9.17, 15) is 9.59 Å². The van der Waals surface area contributed by atoms with Gasteiger partial charge in [-0.05, 0) is 69.4 Å². The summed E-state index contributed by atoms with van der Waals surface area (Å²) < 4.78 is 11.8. The van der Waals surface area contributed by atoms with Crippen LogP contribution >= 0.6 is 11.6 Å². The van der Waals surface area contributed by atoms with Gasteiger partial charge in [-0.15, -0.1) is 0 Å². The second-order valence-electron chi connectivity index (χ2n) is 8.64. The molecular formula is C26H29ClN2O4. The summed E-state index contributed by atoms with van der Waals surface area (Å²) in [5.41, 5.74) is 1.37. The monoisotopic (exact) mass is 468 g/mol. The predicted molar refractivity (Wildman–Crippen MR) is 130 cm³/mol. The molecule has 1 aliphatic heterocycles. The SMILES string of the molecule is CCCCOc1ccc([C@H]2c3c(oc4ccc(Cl)cc4c3=O)C(=O)N2CCCN(C)C)cc1. The average Bonchev–Trinajstić information content (AvgIpc) is 3.07. The van der Waals surface area contributed by atoms with Gasteiger partial charge in [0.25, 0.3) is 5.91 Å². The molecule has 0 saturated carbocycles. The number of rotatable bonds is 9. The van der Waals surface area contributed by atoms with Gasteiger partial charge in [0.2, 0.25) is 5.76 Å². The predicted octanol–water partition coefficient (Wildman–Crippen LogP) is 5.12. The summed E-state index contributed by atoms with van der Waals surface area (Å²) >= 11 is 6.14. The Hall–Kier alpha value is -2.83. The lowest BCUT2D eigenvalue weighted by atomic mass is 9.98. The van der Waals surface area contributed by atoms with Gasteiger partial charge in [0.05, 0.1) is 23.6 Å². The van der Waals surface area contributed by atoms with Crippen molar-refractivity contribution in [1.82, 2.24) is 9.80 Å². The maximum Gasteiger partial charge on any atom is 0.290 e. The maximum atomic E-state index is 13.5. The summed E-state index contributed by atoms with van der Waals surface area (Å²) in [5, 5.41) is 0.834. The summed E-state index contributed by atoms with van der Waals surface area (Å²) in [4.78, 5) is 30.7. The molecule has 2 heterocycles.